The molecule has 2 N–H and O–H groups in total. The van der Waals surface area contributed by atoms with E-state index in [2.05, 4.69) is 17.2 Å². The van der Waals surface area contributed by atoms with Gasteiger partial charge in [-0.25, -0.2) is 4.79 Å². The molecule has 26 heavy (non-hydrogen) atoms. The number of carbonyl (C=O) groups is 2. The van der Waals surface area contributed by atoms with Crippen molar-refractivity contribution in [2.75, 3.05) is 11.9 Å². The van der Waals surface area contributed by atoms with Crippen LogP contribution < -0.4 is 10.9 Å². The third-order valence-electron chi connectivity index (χ3n) is 4.57. The fourth-order valence-electron chi connectivity index (χ4n) is 3.16. The van der Waals surface area contributed by atoms with E-state index in [1.54, 1.807) is 37.3 Å². The fraction of sp³-hybridized carbons (Fsp3) is 0.350. The third-order valence-corrected chi connectivity index (χ3v) is 4.57. The summed E-state index contributed by atoms with van der Waals surface area (Å²) in [6, 6.07) is 8.07. The van der Waals surface area contributed by atoms with Crippen LogP contribution >= 0.6 is 0 Å². The molecule has 0 radical (unpaired) electrons. The number of benzene rings is 1. The van der Waals surface area contributed by atoms with E-state index in [1.807, 2.05) is 0 Å². The summed E-state index contributed by atoms with van der Waals surface area (Å²) < 4.78 is 4.92. The standard InChI is InChI=1S/C20H22N2O4/c1-3-26-20(25)13-5-7-15(8-6-13)21-18(23)16-11-14-10-12(2)4-9-17(14)22-19(16)24/h5-8,11-12H,3-4,9-10H2,1-2H3,(H,21,23)(H,22,24). The zero-order valence-electron chi connectivity index (χ0n) is 14.9. The van der Waals surface area contributed by atoms with Crippen molar-refractivity contribution in [3.8, 4) is 0 Å². The van der Waals surface area contributed by atoms with Crippen molar-refractivity contribution in [1.29, 1.82) is 0 Å². The number of hydrogen-bond donors (Lipinski definition) is 2. The maximum absolute atomic E-state index is 12.5. The lowest BCUT2D eigenvalue weighted by atomic mass is 9.87. The van der Waals surface area contributed by atoms with Gasteiger partial charge in [-0.3, -0.25) is 9.59 Å². The van der Waals surface area contributed by atoms with Crippen molar-refractivity contribution < 1.29 is 14.3 Å². The van der Waals surface area contributed by atoms with E-state index in [1.165, 1.54) is 0 Å². The summed E-state index contributed by atoms with van der Waals surface area (Å²) in [5, 5.41) is 2.70. The van der Waals surface area contributed by atoms with E-state index < -0.39 is 11.9 Å². The fourth-order valence-corrected chi connectivity index (χ4v) is 3.16. The number of carbonyl (C=O) groups excluding carboxylic acids is 2. The highest BCUT2D eigenvalue weighted by molar-refractivity contribution is 6.04. The second-order valence-electron chi connectivity index (χ2n) is 6.62. The Balaban J connectivity index is 1.77. The van der Waals surface area contributed by atoms with Gasteiger partial charge in [0.25, 0.3) is 11.5 Å². The second kappa shape index (κ2) is 7.56. The molecule has 0 saturated heterocycles. The molecule has 136 valence electrons. The lowest BCUT2D eigenvalue weighted by Gasteiger charge is -2.21. The first kappa shape index (κ1) is 17.9. The van der Waals surface area contributed by atoms with Gasteiger partial charge in [0.2, 0.25) is 0 Å². The minimum Gasteiger partial charge on any atom is -0.462 e. The number of aryl methyl sites for hydroxylation is 1. The zero-order valence-corrected chi connectivity index (χ0v) is 14.9. The van der Waals surface area contributed by atoms with Gasteiger partial charge >= 0.3 is 5.97 Å². The first-order valence-corrected chi connectivity index (χ1v) is 8.81. The van der Waals surface area contributed by atoms with Crippen molar-refractivity contribution in [3.63, 3.8) is 0 Å². The van der Waals surface area contributed by atoms with Crippen LogP contribution in [-0.2, 0) is 17.6 Å². The second-order valence-corrected chi connectivity index (χ2v) is 6.62. The number of esters is 1. The highest BCUT2D eigenvalue weighted by atomic mass is 16.5. The van der Waals surface area contributed by atoms with Gasteiger partial charge in [0, 0.05) is 11.4 Å². The number of aromatic nitrogens is 1. The van der Waals surface area contributed by atoms with E-state index in [0.29, 0.717) is 23.8 Å². The van der Waals surface area contributed by atoms with Crippen molar-refractivity contribution in [3.05, 3.63) is 63.1 Å². The molecule has 1 atom stereocenters. The molecule has 0 fully saturated rings. The third kappa shape index (κ3) is 3.85. The molecule has 0 bridgehead atoms. The number of fused-ring (bicyclic) bond motifs is 1. The van der Waals surface area contributed by atoms with Crippen LogP contribution in [0.5, 0.6) is 0 Å². The average Bonchev–Trinajstić information content (AvgIpc) is 2.62. The normalized spacial score (nSPS) is 15.8. The van der Waals surface area contributed by atoms with Crippen LogP contribution in [0, 0.1) is 5.92 Å². The molecule has 1 aromatic carbocycles. The molecule has 1 unspecified atom stereocenters. The largest absolute Gasteiger partial charge is 0.462 e. The molecule has 1 aliphatic rings. The Morgan fingerprint density at radius 2 is 2.00 bits per heavy atom. The topological polar surface area (TPSA) is 88.3 Å². The van der Waals surface area contributed by atoms with Crippen molar-refractivity contribution in [2.24, 2.45) is 5.92 Å². The highest BCUT2D eigenvalue weighted by Crippen LogP contribution is 2.23. The van der Waals surface area contributed by atoms with Gasteiger partial charge in [-0.2, -0.15) is 0 Å². The van der Waals surface area contributed by atoms with Crippen LogP contribution in [0.2, 0.25) is 0 Å². The summed E-state index contributed by atoms with van der Waals surface area (Å²) in [6.45, 7) is 4.21. The monoisotopic (exact) mass is 354 g/mol. The molecule has 0 spiro atoms. The van der Waals surface area contributed by atoms with Crippen LogP contribution in [0.1, 0.15) is 52.2 Å². The Morgan fingerprint density at radius 1 is 1.27 bits per heavy atom. The van der Waals surface area contributed by atoms with Crippen LogP contribution in [0.15, 0.2) is 35.1 Å². The number of nitrogens with one attached hydrogen (secondary N) is 2. The number of aromatic amines is 1. The summed E-state index contributed by atoms with van der Waals surface area (Å²) in [4.78, 5) is 39.2. The highest BCUT2D eigenvalue weighted by Gasteiger charge is 2.20. The number of ether oxygens (including phenoxy) is 1. The minimum absolute atomic E-state index is 0.104. The minimum atomic E-state index is -0.462. The smallest absolute Gasteiger partial charge is 0.338 e. The summed E-state index contributed by atoms with van der Waals surface area (Å²) in [7, 11) is 0. The van der Waals surface area contributed by atoms with Gasteiger partial charge in [-0.15, -0.1) is 0 Å². The number of pyridine rings is 1. The number of amides is 1. The summed E-state index contributed by atoms with van der Waals surface area (Å²) in [5.41, 5.74) is 2.61. The van der Waals surface area contributed by atoms with Crippen LogP contribution in [0.3, 0.4) is 0 Å². The molecule has 6 heteroatoms. The molecule has 3 rings (SSSR count). The molecule has 6 nitrogen and oxygen atoms in total. The molecule has 1 aromatic heterocycles. The Morgan fingerprint density at radius 3 is 2.69 bits per heavy atom. The van der Waals surface area contributed by atoms with Gasteiger partial charge < -0.3 is 15.0 Å². The van der Waals surface area contributed by atoms with Gasteiger partial charge in [0.15, 0.2) is 0 Å². The Kier molecular flexibility index (Phi) is 5.21. The molecule has 0 saturated carbocycles. The Hall–Kier alpha value is -2.89. The molecule has 1 aliphatic carbocycles. The van der Waals surface area contributed by atoms with Gasteiger partial charge in [-0.05, 0) is 68.0 Å². The van der Waals surface area contributed by atoms with E-state index in [4.69, 9.17) is 4.74 Å². The Labute approximate surface area is 151 Å². The predicted octanol–water partition coefficient (Wildman–Crippen LogP) is 2.93. The molecule has 2 aromatic rings. The molecule has 1 amide bonds. The van der Waals surface area contributed by atoms with E-state index >= 15 is 0 Å². The summed E-state index contributed by atoms with van der Waals surface area (Å²) in [5.74, 6) is -0.332. The SMILES string of the molecule is CCOC(=O)c1ccc(NC(=O)c2cc3c([nH]c2=O)CCC(C)C3)cc1. The van der Waals surface area contributed by atoms with Gasteiger partial charge in [-0.1, -0.05) is 6.92 Å². The lowest BCUT2D eigenvalue weighted by molar-refractivity contribution is 0.0526. The zero-order chi connectivity index (χ0) is 18.7. The van der Waals surface area contributed by atoms with E-state index in [0.717, 1.165) is 30.5 Å². The molecular weight excluding hydrogens is 332 g/mol. The number of H-pyrrole nitrogens is 1. The first-order valence-electron chi connectivity index (χ1n) is 8.81. The number of hydrogen-bond acceptors (Lipinski definition) is 4. The van der Waals surface area contributed by atoms with Crippen LogP contribution in [0.25, 0.3) is 0 Å². The van der Waals surface area contributed by atoms with Crippen LogP contribution in [0.4, 0.5) is 5.69 Å². The Bertz CT molecular complexity index is 884. The van der Waals surface area contributed by atoms with Gasteiger partial charge in [0.05, 0.1) is 12.2 Å². The number of anilines is 1. The summed E-state index contributed by atoms with van der Waals surface area (Å²) >= 11 is 0. The summed E-state index contributed by atoms with van der Waals surface area (Å²) in [6.07, 6.45) is 2.74. The lowest BCUT2D eigenvalue weighted by Crippen LogP contribution is -2.27. The van der Waals surface area contributed by atoms with Crippen molar-refractivity contribution in [2.45, 2.75) is 33.1 Å². The maximum atomic E-state index is 12.5. The molecule has 0 aliphatic heterocycles. The molecule has 1 heterocycles. The van der Waals surface area contributed by atoms with Crippen LogP contribution in [-0.4, -0.2) is 23.5 Å². The molecular formula is C20H22N2O4. The number of rotatable bonds is 4. The predicted molar refractivity (Wildman–Crippen MR) is 98.6 cm³/mol. The maximum Gasteiger partial charge on any atom is 0.338 e. The van der Waals surface area contributed by atoms with E-state index in [-0.39, 0.29) is 11.1 Å². The average molecular weight is 354 g/mol. The quantitative estimate of drug-likeness (QED) is 0.826. The van der Waals surface area contributed by atoms with Crippen molar-refractivity contribution in [1.82, 2.24) is 4.98 Å². The van der Waals surface area contributed by atoms with Gasteiger partial charge in [0.1, 0.15) is 5.56 Å². The first-order chi connectivity index (χ1) is 12.5. The van der Waals surface area contributed by atoms with E-state index in [9.17, 15) is 14.4 Å². The van der Waals surface area contributed by atoms with Crippen molar-refractivity contribution >= 4 is 17.6 Å².